The Balaban J connectivity index is 2.24. The van der Waals surface area contributed by atoms with Crippen LogP contribution in [0.2, 0.25) is 0 Å². The molecule has 5 nitrogen and oxygen atoms in total. The van der Waals surface area contributed by atoms with Gasteiger partial charge in [0, 0.05) is 5.69 Å². The predicted molar refractivity (Wildman–Crippen MR) is 73.1 cm³/mol. The van der Waals surface area contributed by atoms with E-state index >= 15 is 0 Å². The maximum atomic E-state index is 12.1. The number of furan rings is 1. The van der Waals surface area contributed by atoms with E-state index in [2.05, 4.69) is 4.72 Å². The number of sulfonamides is 1. The van der Waals surface area contributed by atoms with Gasteiger partial charge in [-0.3, -0.25) is 0 Å². The molecule has 0 saturated heterocycles. The topological polar surface area (TPSA) is 85.3 Å². The number of aryl methyl sites for hydroxylation is 1. The summed E-state index contributed by atoms with van der Waals surface area (Å²) >= 11 is 0. The van der Waals surface area contributed by atoms with E-state index in [4.69, 9.17) is 10.2 Å². The highest BCUT2D eigenvalue weighted by molar-refractivity contribution is 7.89. The van der Waals surface area contributed by atoms with E-state index in [1.807, 2.05) is 13.8 Å². The van der Waals surface area contributed by atoms with Crippen molar-refractivity contribution in [3.05, 3.63) is 47.4 Å². The van der Waals surface area contributed by atoms with Gasteiger partial charge in [0.15, 0.2) is 0 Å². The number of hydrogen-bond acceptors (Lipinski definition) is 4. The molecule has 2 aromatic rings. The molecule has 0 spiro atoms. The average Bonchev–Trinajstić information content (AvgIpc) is 2.86. The predicted octanol–water partition coefficient (Wildman–Crippen LogP) is 1.96. The molecule has 0 unspecified atom stereocenters. The summed E-state index contributed by atoms with van der Waals surface area (Å²) in [7, 11) is -3.59. The fraction of sp³-hybridized carbons (Fsp3) is 0.231. The molecule has 2 rings (SSSR count). The van der Waals surface area contributed by atoms with Crippen LogP contribution in [0.4, 0.5) is 5.69 Å². The third-order valence-electron chi connectivity index (χ3n) is 3.01. The lowest BCUT2D eigenvalue weighted by Crippen LogP contribution is -2.23. The fourth-order valence-corrected chi connectivity index (χ4v) is 2.78. The molecule has 0 aliphatic heterocycles. The SMILES string of the molecule is Cc1cc(S(=O)(=O)NCc2ccco2)cc(N)c1C. The molecule has 0 atom stereocenters. The highest BCUT2D eigenvalue weighted by Gasteiger charge is 2.16. The summed E-state index contributed by atoms with van der Waals surface area (Å²) in [6, 6.07) is 6.48. The molecule has 6 heteroatoms. The van der Waals surface area contributed by atoms with Crippen LogP contribution in [0.5, 0.6) is 0 Å². The molecule has 0 bridgehead atoms. The van der Waals surface area contributed by atoms with Gasteiger partial charge in [0.1, 0.15) is 5.76 Å². The molecule has 102 valence electrons. The molecular formula is C13H16N2O3S. The molecule has 1 heterocycles. The summed E-state index contributed by atoms with van der Waals surface area (Å²) in [5.41, 5.74) is 8.01. The molecule has 0 fully saturated rings. The molecule has 1 aromatic heterocycles. The van der Waals surface area contributed by atoms with Crippen molar-refractivity contribution in [2.45, 2.75) is 25.3 Å². The normalized spacial score (nSPS) is 11.7. The van der Waals surface area contributed by atoms with Crippen LogP contribution < -0.4 is 10.5 Å². The van der Waals surface area contributed by atoms with E-state index in [1.165, 1.54) is 12.3 Å². The number of nitrogens with two attached hydrogens (primary N) is 1. The average molecular weight is 280 g/mol. The minimum atomic E-state index is -3.59. The Morgan fingerprint density at radius 3 is 2.63 bits per heavy atom. The molecule has 0 saturated carbocycles. The fourth-order valence-electron chi connectivity index (χ4n) is 1.67. The second-order valence-electron chi connectivity index (χ2n) is 4.36. The van der Waals surface area contributed by atoms with Gasteiger partial charge < -0.3 is 10.2 Å². The number of rotatable bonds is 4. The lowest BCUT2D eigenvalue weighted by atomic mass is 10.1. The van der Waals surface area contributed by atoms with Crippen LogP contribution >= 0.6 is 0 Å². The zero-order valence-electron chi connectivity index (χ0n) is 10.8. The van der Waals surface area contributed by atoms with Crippen LogP contribution in [-0.4, -0.2) is 8.42 Å². The van der Waals surface area contributed by atoms with Gasteiger partial charge in [-0.25, -0.2) is 13.1 Å². The van der Waals surface area contributed by atoms with Crippen LogP contribution in [0.25, 0.3) is 0 Å². The van der Waals surface area contributed by atoms with Gasteiger partial charge in [-0.05, 0) is 49.2 Å². The second kappa shape index (κ2) is 5.07. The van der Waals surface area contributed by atoms with E-state index < -0.39 is 10.0 Å². The van der Waals surface area contributed by atoms with E-state index in [9.17, 15) is 8.42 Å². The standard InChI is InChI=1S/C13H16N2O3S/c1-9-6-12(7-13(14)10(9)2)19(16,17)15-8-11-4-3-5-18-11/h3-7,15H,8,14H2,1-2H3. The monoisotopic (exact) mass is 280 g/mol. The first-order chi connectivity index (χ1) is 8.90. The van der Waals surface area contributed by atoms with Gasteiger partial charge in [0.25, 0.3) is 0 Å². The number of nitrogen functional groups attached to an aromatic ring is 1. The first-order valence-electron chi connectivity index (χ1n) is 5.79. The van der Waals surface area contributed by atoms with E-state index in [0.717, 1.165) is 11.1 Å². The highest BCUT2D eigenvalue weighted by atomic mass is 32.2. The van der Waals surface area contributed by atoms with Gasteiger partial charge in [-0.2, -0.15) is 0 Å². The van der Waals surface area contributed by atoms with Gasteiger partial charge in [0.05, 0.1) is 17.7 Å². The lowest BCUT2D eigenvalue weighted by molar-refractivity contribution is 0.498. The van der Waals surface area contributed by atoms with Crippen molar-refractivity contribution in [3.63, 3.8) is 0 Å². The summed E-state index contributed by atoms with van der Waals surface area (Å²) in [6.45, 7) is 3.80. The van der Waals surface area contributed by atoms with Crippen LogP contribution in [-0.2, 0) is 16.6 Å². The van der Waals surface area contributed by atoms with Crippen LogP contribution in [0.15, 0.2) is 39.8 Å². The zero-order chi connectivity index (χ0) is 14.0. The number of hydrogen-bond donors (Lipinski definition) is 2. The Hall–Kier alpha value is -1.79. The second-order valence-corrected chi connectivity index (χ2v) is 6.13. The largest absolute Gasteiger partial charge is 0.468 e. The molecular weight excluding hydrogens is 264 g/mol. The maximum absolute atomic E-state index is 12.1. The van der Waals surface area contributed by atoms with Crippen molar-refractivity contribution >= 4 is 15.7 Å². The Bertz CT molecular complexity index is 653. The van der Waals surface area contributed by atoms with Crippen molar-refractivity contribution in [2.75, 3.05) is 5.73 Å². The molecule has 3 N–H and O–H groups in total. The van der Waals surface area contributed by atoms with E-state index in [0.29, 0.717) is 11.4 Å². The van der Waals surface area contributed by atoms with Crippen LogP contribution in [0, 0.1) is 13.8 Å². The summed E-state index contributed by atoms with van der Waals surface area (Å²) in [4.78, 5) is 0.166. The van der Waals surface area contributed by atoms with Gasteiger partial charge in [-0.15, -0.1) is 0 Å². The van der Waals surface area contributed by atoms with Crippen LogP contribution in [0.3, 0.4) is 0 Å². The summed E-state index contributed by atoms with van der Waals surface area (Å²) in [5.74, 6) is 0.556. The third kappa shape index (κ3) is 2.97. The summed E-state index contributed by atoms with van der Waals surface area (Å²) < 4.78 is 31.8. The molecule has 0 aliphatic rings. The van der Waals surface area contributed by atoms with E-state index in [-0.39, 0.29) is 11.4 Å². The Kier molecular flexibility index (Phi) is 3.64. The smallest absolute Gasteiger partial charge is 0.241 e. The molecule has 1 aromatic carbocycles. The Morgan fingerprint density at radius 2 is 2.05 bits per heavy atom. The van der Waals surface area contributed by atoms with Crippen LogP contribution in [0.1, 0.15) is 16.9 Å². The number of anilines is 1. The van der Waals surface area contributed by atoms with Crippen molar-refractivity contribution in [1.82, 2.24) is 4.72 Å². The molecule has 0 aliphatic carbocycles. The molecule has 0 amide bonds. The van der Waals surface area contributed by atoms with Crippen molar-refractivity contribution < 1.29 is 12.8 Å². The first kappa shape index (κ1) is 13.6. The van der Waals surface area contributed by atoms with Gasteiger partial charge >= 0.3 is 0 Å². The van der Waals surface area contributed by atoms with E-state index in [1.54, 1.807) is 18.2 Å². The summed E-state index contributed by atoms with van der Waals surface area (Å²) in [5, 5.41) is 0. The first-order valence-corrected chi connectivity index (χ1v) is 7.27. The number of benzene rings is 1. The minimum absolute atomic E-state index is 0.113. The van der Waals surface area contributed by atoms with Crippen molar-refractivity contribution in [1.29, 1.82) is 0 Å². The Labute approximate surface area is 112 Å². The zero-order valence-corrected chi connectivity index (χ0v) is 11.6. The third-order valence-corrected chi connectivity index (χ3v) is 4.39. The number of nitrogens with one attached hydrogen (secondary N) is 1. The van der Waals surface area contributed by atoms with Gasteiger partial charge in [-0.1, -0.05) is 0 Å². The highest BCUT2D eigenvalue weighted by Crippen LogP contribution is 2.21. The van der Waals surface area contributed by atoms with Crippen molar-refractivity contribution in [3.8, 4) is 0 Å². The van der Waals surface area contributed by atoms with Crippen molar-refractivity contribution in [2.24, 2.45) is 0 Å². The lowest BCUT2D eigenvalue weighted by Gasteiger charge is -2.10. The van der Waals surface area contributed by atoms with Gasteiger partial charge in [0.2, 0.25) is 10.0 Å². The quantitative estimate of drug-likeness (QED) is 0.838. The molecule has 19 heavy (non-hydrogen) atoms. The maximum Gasteiger partial charge on any atom is 0.241 e. The molecule has 0 radical (unpaired) electrons. The summed E-state index contributed by atoms with van der Waals surface area (Å²) in [6.07, 6.45) is 1.50. The minimum Gasteiger partial charge on any atom is -0.468 e. The Morgan fingerprint density at radius 1 is 1.32 bits per heavy atom.